The SMILES string of the molecule is Cc1csc2c(Cl)c([N+](=O)[O-])ccc12. The smallest absolute Gasteiger partial charge is 0.258 e. The third-order valence-corrected chi connectivity index (χ3v) is 3.68. The first-order valence-corrected chi connectivity index (χ1v) is 5.17. The van der Waals surface area contributed by atoms with Crippen LogP contribution in [0.15, 0.2) is 17.5 Å². The molecule has 14 heavy (non-hydrogen) atoms. The normalized spacial score (nSPS) is 10.7. The minimum absolute atomic E-state index is 0.0268. The highest BCUT2D eigenvalue weighted by atomic mass is 35.5. The molecule has 0 atom stereocenters. The van der Waals surface area contributed by atoms with Gasteiger partial charge >= 0.3 is 0 Å². The number of thiophene rings is 1. The molecule has 0 amide bonds. The summed E-state index contributed by atoms with van der Waals surface area (Å²) in [5.41, 5.74) is 1.07. The lowest BCUT2D eigenvalue weighted by Gasteiger charge is -1.96. The standard InChI is InChI=1S/C9H6ClNO2S/c1-5-4-14-9-6(5)2-3-7(8(9)10)11(12)13/h2-4H,1H3. The quantitative estimate of drug-likeness (QED) is 0.550. The molecule has 5 heteroatoms. The van der Waals surface area contributed by atoms with Crippen LogP contribution >= 0.6 is 22.9 Å². The Hall–Kier alpha value is -1.13. The predicted octanol–water partition coefficient (Wildman–Crippen LogP) is 3.77. The zero-order chi connectivity index (χ0) is 10.3. The Bertz CT molecular complexity index is 521. The number of halogens is 1. The number of fused-ring (bicyclic) bond motifs is 1. The average molecular weight is 228 g/mol. The predicted molar refractivity (Wildman–Crippen MR) is 58.2 cm³/mol. The number of hydrogen-bond acceptors (Lipinski definition) is 3. The summed E-state index contributed by atoms with van der Waals surface area (Å²) in [6, 6.07) is 3.19. The first-order chi connectivity index (χ1) is 6.61. The van der Waals surface area contributed by atoms with Crippen molar-refractivity contribution in [2.24, 2.45) is 0 Å². The summed E-state index contributed by atoms with van der Waals surface area (Å²) in [5.74, 6) is 0. The molecule has 0 saturated carbocycles. The maximum absolute atomic E-state index is 10.6. The Kier molecular flexibility index (Phi) is 2.17. The number of rotatable bonds is 1. The van der Waals surface area contributed by atoms with Crippen molar-refractivity contribution < 1.29 is 4.92 Å². The van der Waals surface area contributed by atoms with Crippen molar-refractivity contribution in [1.82, 2.24) is 0 Å². The van der Waals surface area contributed by atoms with Crippen molar-refractivity contribution in [3.8, 4) is 0 Å². The van der Waals surface area contributed by atoms with E-state index in [1.54, 1.807) is 6.07 Å². The Labute approximate surface area is 89.1 Å². The van der Waals surface area contributed by atoms with Crippen LogP contribution in [-0.4, -0.2) is 4.92 Å². The number of nitro benzene ring substituents is 1. The second kappa shape index (κ2) is 3.22. The number of nitro groups is 1. The van der Waals surface area contributed by atoms with Crippen LogP contribution in [-0.2, 0) is 0 Å². The van der Waals surface area contributed by atoms with Crippen molar-refractivity contribution in [3.63, 3.8) is 0 Å². The largest absolute Gasteiger partial charge is 0.289 e. The van der Waals surface area contributed by atoms with E-state index in [2.05, 4.69) is 0 Å². The van der Waals surface area contributed by atoms with Crippen LogP contribution in [0.3, 0.4) is 0 Å². The molecule has 0 fully saturated rings. The molecule has 1 heterocycles. The first kappa shape index (κ1) is 9.43. The number of nitrogens with zero attached hydrogens (tertiary/aromatic N) is 1. The molecule has 1 aromatic carbocycles. The van der Waals surface area contributed by atoms with Crippen LogP contribution in [0.4, 0.5) is 5.69 Å². The summed E-state index contributed by atoms with van der Waals surface area (Å²) in [5, 5.41) is 13.8. The zero-order valence-electron chi connectivity index (χ0n) is 7.28. The third-order valence-electron chi connectivity index (χ3n) is 2.05. The van der Waals surface area contributed by atoms with Gasteiger partial charge in [0.1, 0.15) is 5.02 Å². The van der Waals surface area contributed by atoms with Gasteiger partial charge in [0.15, 0.2) is 0 Å². The highest BCUT2D eigenvalue weighted by Gasteiger charge is 2.16. The molecule has 0 radical (unpaired) electrons. The molecule has 1 aromatic heterocycles. The van der Waals surface area contributed by atoms with Gasteiger partial charge in [-0.25, -0.2) is 0 Å². The number of benzene rings is 1. The molecule has 0 spiro atoms. The molecular weight excluding hydrogens is 222 g/mol. The van der Waals surface area contributed by atoms with Crippen molar-refractivity contribution in [2.75, 3.05) is 0 Å². The van der Waals surface area contributed by atoms with Gasteiger partial charge in [0.05, 0.1) is 9.62 Å². The summed E-state index contributed by atoms with van der Waals surface area (Å²) in [6.07, 6.45) is 0. The van der Waals surface area contributed by atoms with E-state index in [9.17, 15) is 10.1 Å². The van der Waals surface area contributed by atoms with Crippen LogP contribution < -0.4 is 0 Å². The molecule has 0 unspecified atom stereocenters. The summed E-state index contributed by atoms with van der Waals surface area (Å²) in [7, 11) is 0. The van der Waals surface area contributed by atoms with Crippen LogP contribution in [0, 0.1) is 17.0 Å². The summed E-state index contributed by atoms with van der Waals surface area (Å²) >= 11 is 7.35. The molecule has 0 aliphatic heterocycles. The van der Waals surface area contributed by atoms with E-state index in [0.29, 0.717) is 0 Å². The molecule has 2 rings (SSSR count). The van der Waals surface area contributed by atoms with Gasteiger partial charge in [0, 0.05) is 6.07 Å². The second-order valence-corrected chi connectivity index (χ2v) is 4.21. The highest BCUT2D eigenvalue weighted by molar-refractivity contribution is 7.18. The first-order valence-electron chi connectivity index (χ1n) is 3.92. The maximum atomic E-state index is 10.6. The fourth-order valence-electron chi connectivity index (χ4n) is 1.32. The fraction of sp³-hybridized carbons (Fsp3) is 0.111. The summed E-state index contributed by atoms with van der Waals surface area (Å²) < 4.78 is 0.790. The van der Waals surface area contributed by atoms with E-state index in [4.69, 9.17) is 11.6 Å². The minimum Gasteiger partial charge on any atom is -0.258 e. The monoisotopic (exact) mass is 227 g/mol. The lowest BCUT2D eigenvalue weighted by molar-refractivity contribution is -0.384. The average Bonchev–Trinajstić information content (AvgIpc) is 2.49. The minimum atomic E-state index is -0.461. The number of aryl methyl sites for hydroxylation is 1. The molecule has 0 saturated heterocycles. The zero-order valence-corrected chi connectivity index (χ0v) is 8.85. The molecule has 0 bridgehead atoms. The molecule has 3 nitrogen and oxygen atoms in total. The molecule has 72 valence electrons. The van der Waals surface area contributed by atoms with Crippen LogP contribution in [0.25, 0.3) is 10.1 Å². The lowest BCUT2D eigenvalue weighted by atomic mass is 10.2. The summed E-state index contributed by atoms with van der Waals surface area (Å²) in [6.45, 7) is 1.96. The van der Waals surface area contributed by atoms with Gasteiger partial charge in [-0.2, -0.15) is 0 Å². The maximum Gasteiger partial charge on any atom is 0.289 e. The van der Waals surface area contributed by atoms with Gasteiger partial charge in [0.2, 0.25) is 0 Å². The van der Waals surface area contributed by atoms with Gasteiger partial charge in [-0.1, -0.05) is 11.6 Å². The third kappa shape index (κ3) is 1.27. The van der Waals surface area contributed by atoms with Crippen molar-refractivity contribution >= 4 is 38.7 Å². The van der Waals surface area contributed by atoms with Gasteiger partial charge in [-0.05, 0) is 29.3 Å². The highest BCUT2D eigenvalue weighted by Crippen LogP contribution is 2.37. The van der Waals surface area contributed by atoms with E-state index < -0.39 is 4.92 Å². The van der Waals surface area contributed by atoms with E-state index in [-0.39, 0.29) is 10.7 Å². The molecule has 2 aromatic rings. The van der Waals surface area contributed by atoms with E-state index in [1.165, 1.54) is 17.4 Å². The Morgan fingerprint density at radius 2 is 2.21 bits per heavy atom. The van der Waals surface area contributed by atoms with Crippen molar-refractivity contribution in [3.05, 3.63) is 38.2 Å². The molecule has 0 N–H and O–H groups in total. The van der Waals surface area contributed by atoms with Crippen molar-refractivity contribution in [1.29, 1.82) is 0 Å². The van der Waals surface area contributed by atoms with E-state index in [1.807, 2.05) is 12.3 Å². The van der Waals surface area contributed by atoms with Crippen LogP contribution in [0.2, 0.25) is 5.02 Å². The lowest BCUT2D eigenvalue weighted by Crippen LogP contribution is -1.88. The van der Waals surface area contributed by atoms with Gasteiger partial charge < -0.3 is 0 Å². The fourth-order valence-corrected chi connectivity index (χ4v) is 2.68. The Morgan fingerprint density at radius 1 is 1.50 bits per heavy atom. The Balaban J connectivity index is 2.82. The van der Waals surface area contributed by atoms with E-state index in [0.717, 1.165) is 15.6 Å². The summed E-state index contributed by atoms with van der Waals surface area (Å²) in [4.78, 5) is 10.1. The van der Waals surface area contributed by atoms with Gasteiger partial charge in [-0.15, -0.1) is 11.3 Å². The Morgan fingerprint density at radius 3 is 2.86 bits per heavy atom. The number of hydrogen-bond donors (Lipinski definition) is 0. The van der Waals surface area contributed by atoms with Gasteiger partial charge in [-0.3, -0.25) is 10.1 Å². The van der Waals surface area contributed by atoms with Crippen LogP contribution in [0.1, 0.15) is 5.56 Å². The topological polar surface area (TPSA) is 43.1 Å². The van der Waals surface area contributed by atoms with E-state index >= 15 is 0 Å². The van der Waals surface area contributed by atoms with Crippen LogP contribution in [0.5, 0.6) is 0 Å². The second-order valence-electron chi connectivity index (χ2n) is 2.95. The van der Waals surface area contributed by atoms with Gasteiger partial charge in [0.25, 0.3) is 5.69 Å². The van der Waals surface area contributed by atoms with Crippen molar-refractivity contribution in [2.45, 2.75) is 6.92 Å². The molecule has 0 aliphatic carbocycles. The molecular formula is C9H6ClNO2S. The molecule has 0 aliphatic rings.